The topological polar surface area (TPSA) is 88.3 Å². The highest BCUT2D eigenvalue weighted by atomic mass is 35.5. The number of hydrogen-bond donors (Lipinski definition) is 1. The number of ether oxygens (including phenoxy) is 1. The van der Waals surface area contributed by atoms with Crippen LogP contribution in [0.4, 0.5) is 0 Å². The number of rotatable bonds is 7. The Balaban J connectivity index is 1.72. The Morgan fingerprint density at radius 1 is 1.14 bits per heavy atom. The van der Waals surface area contributed by atoms with Gasteiger partial charge in [-0.2, -0.15) is 4.57 Å². The molecule has 37 heavy (non-hydrogen) atoms. The van der Waals surface area contributed by atoms with E-state index in [4.69, 9.17) is 27.9 Å². The molecular weight excluding hydrogens is 515 g/mol. The molecule has 8 nitrogen and oxygen atoms in total. The predicted molar refractivity (Wildman–Crippen MR) is 141 cm³/mol. The molecule has 0 aliphatic carbocycles. The molecule has 1 atom stereocenters. The van der Waals surface area contributed by atoms with Crippen molar-refractivity contribution in [1.29, 1.82) is 0 Å². The van der Waals surface area contributed by atoms with Gasteiger partial charge < -0.3 is 4.74 Å². The highest BCUT2D eigenvalue weighted by Crippen LogP contribution is 2.32. The van der Waals surface area contributed by atoms with Gasteiger partial charge in [-0.05, 0) is 50.5 Å². The lowest BCUT2D eigenvalue weighted by Gasteiger charge is -2.18. The summed E-state index contributed by atoms with van der Waals surface area (Å²) >= 11 is 12.3. The predicted octanol–water partition coefficient (Wildman–Crippen LogP) is 3.94. The van der Waals surface area contributed by atoms with Crippen LogP contribution in [0.5, 0.6) is 0 Å². The van der Waals surface area contributed by atoms with Gasteiger partial charge in [0.2, 0.25) is 0 Å². The molecule has 192 valence electrons. The van der Waals surface area contributed by atoms with E-state index in [1.807, 2.05) is 19.9 Å². The number of aromatic nitrogens is 3. The van der Waals surface area contributed by atoms with E-state index >= 15 is 0 Å². The van der Waals surface area contributed by atoms with Gasteiger partial charge in [0, 0.05) is 23.9 Å². The van der Waals surface area contributed by atoms with Crippen LogP contribution in [-0.4, -0.2) is 45.8 Å². The first-order chi connectivity index (χ1) is 17.8. The molecule has 4 heterocycles. The average molecular weight is 542 g/mol. The van der Waals surface area contributed by atoms with Crippen LogP contribution in [0.1, 0.15) is 43.0 Å². The molecule has 2 amide bonds. The van der Waals surface area contributed by atoms with E-state index < -0.39 is 17.4 Å². The van der Waals surface area contributed by atoms with Gasteiger partial charge in [-0.3, -0.25) is 24.4 Å². The Morgan fingerprint density at radius 2 is 1.95 bits per heavy atom. The van der Waals surface area contributed by atoms with Gasteiger partial charge in [0.15, 0.2) is 12.4 Å². The zero-order chi connectivity index (χ0) is 26.3. The third kappa shape index (κ3) is 4.65. The van der Waals surface area contributed by atoms with Crippen LogP contribution < -0.4 is 10.1 Å². The van der Waals surface area contributed by atoms with E-state index in [9.17, 15) is 14.4 Å². The van der Waals surface area contributed by atoms with Crippen LogP contribution in [0.3, 0.4) is 0 Å². The summed E-state index contributed by atoms with van der Waals surface area (Å²) in [6, 6.07) is 8.56. The molecule has 0 spiro atoms. The van der Waals surface area contributed by atoms with Gasteiger partial charge in [-0.1, -0.05) is 36.5 Å². The number of nitrogens with zero attached hydrogens (tertiary/aromatic N) is 3. The molecule has 1 N–H and O–H groups in total. The standard InChI is InChI=1S/C27H26Cl2N4O4/c1-3-6-21-22(26(35)33(30-21)17-9-10-19(28)20(29)13-17)23-24(31-11-4-7-16(2)14-31)27(36)32(25(23)34)15-18-8-5-12-37-18/h4,7,9-11,13-14,18H,3,5-6,8,12,15H2,1-2H3/p+1. The molecular formula is C27H27Cl2N4O4+. The summed E-state index contributed by atoms with van der Waals surface area (Å²) in [5, 5.41) is 3.81. The Labute approximate surface area is 224 Å². The molecule has 0 saturated carbocycles. The van der Waals surface area contributed by atoms with E-state index in [0.717, 1.165) is 24.8 Å². The molecule has 0 bridgehead atoms. The van der Waals surface area contributed by atoms with Crippen LogP contribution in [0.2, 0.25) is 10.0 Å². The van der Waals surface area contributed by atoms with Gasteiger partial charge in [0.25, 0.3) is 17.2 Å². The fourth-order valence-electron chi connectivity index (χ4n) is 4.90. The van der Waals surface area contributed by atoms with E-state index in [0.29, 0.717) is 34.5 Å². The van der Waals surface area contributed by atoms with Crippen molar-refractivity contribution in [3.8, 4) is 5.69 Å². The molecule has 2 aliphatic heterocycles. The highest BCUT2D eigenvalue weighted by molar-refractivity contribution is 6.44. The van der Waals surface area contributed by atoms with Gasteiger partial charge in [0.05, 0.1) is 33.9 Å². The van der Waals surface area contributed by atoms with Gasteiger partial charge in [0.1, 0.15) is 5.57 Å². The smallest absolute Gasteiger partial charge is 0.327 e. The van der Waals surface area contributed by atoms with E-state index in [1.54, 1.807) is 41.2 Å². The van der Waals surface area contributed by atoms with Crippen LogP contribution in [-0.2, 0) is 20.7 Å². The number of carbonyl (C=O) groups is 2. The number of pyridine rings is 1. The SMILES string of the molecule is CCCc1[nH]n(-c2ccc(Cl)c(Cl)c2)c(=O)c1C1=C([n+]2cccc(C)c2)C(=O)N(CC2CCCO2)C1=O. The molecule has 1 fully saturated rings. The van der Waals surface area contributed by atoms with E-state index in [1.165, 1.54) is 9.58 Å². The molecule has 2 aromatic heterocycles. The third-order valence-corrected chi connectivity index (χ3v) is 7.38. The second-order valence-electron chi connectivity index (χ2n) is 9.32. The molecule has 1 unspecified atom stereocenters. The number of hydrogen-bond acceptors (Lipinski definition) is 4. The van der Waals surface area contributed by atoms with Crippen molar-refractivity contribution in [2.24, 2.45) is 0 Å². The first-order valence-electron chi connectivity index (χ1n) is 12.3. The monoisotopic (exact) mass is 541 g/mol. The van der Waals surface area contributed by atoms with E-state index in [-0.39, 0.29) is 29.5 Å². The zero-order valence-electron chi connectivity index (χ0n) is 20.6. The summed E-state index contributed by atoms with van der Waals surface area (Å²) in [6.45, 7) is 4.63. The average Bonchev–Trinajstić information content (AvgIpc) is 3.55. The van der Waals surface area contributed by atoms with Crippen molar-refractivity contribution < 1.29 is 18.9 Å². The second-order valence-corrected chi connectivity index (χ2v) is 10.1. The molecule has 1 aromatic carbocycles. The van der Waals surface area contributed by atoms with Gasteiger partial charge >= 0.3 is 5.91 Å². The highest BCUT2D eigenvalue weighted by Gasteiger charge is 2.48. The molecule has 1 saturated heterocycles. The fraction of sp³-hybridized carbons (Fsp3) is 0.333. The van der Waals surface area contributed by atoms with Crippen molar-refractivity contribution in [3.05, 3.63) is 79.9 Å². The Morgan fingerprint density at radius 3 is 2.62 bits per heavy atom. The first kappa shape index (κ1) is 25.4. The largest absolute Gasteiger partial charge is 0.376 e. The summed E-state index contributed by atoms with van der Waals surface area (Å²) in [5.74, 6) is -0.950. The van der Waals surface area contributed by atoms with Crippen LogP contribution in [0.15, 0.2) is 47.5 Å². The van der Waals surface area contributed by atoms with Crippen molar-refractivity contribution >= 4 is 46.3 Å². The lowest BCUT2D eigenvalue weighted by Crippen LogP contribution is -2.42. The van der Waals surface area contributed by atoms with Crippen molar-refractivity contribution in [2.45, 2.75) is 45.6 Å². The normalized spacial score (nSPS) is 17.9. The quantitative estimate of drug-likeness (QED) is 0.362. The van der Waals surface area contributed by atoms with Gasteiger partial charge in [-0.15, -0.1) is 0 Å². The van der Waals surface area contributed by atoms with Crippen molar-refractivity contribution in [2.75, 3.05) is 13.2 Å². The minimum absolute atomic E-state index is 0.0853. The maximum Gasteiger partial charge on any atom is 0.327 e. The fourth-order valence-corrected chi connectivity index (χ4v) is 5.19. The lowest BCUT2D eigenvalue weighted by atomic mass is 10.0. The van der Waals surface area contributed by atoms with Crippen molar-refractivity contribution in [3.63, 3.8) is 0 Å². The van der Waals surface area contributed by atoms with Crippen LogP contribution in [0, 0.1) is 6.92 Å². The van der Waals surface area contributed by atoms with Crippen molar-refractivity contribution in [1.82, 2.24) is 14.7 Å². The number of aromatic amines is 1. The number of nitrogens with one attached hydrogen (secondary N) is 1. The Hall–Kier alpha value is -3.20. The minimum Gasteiger partial charge on any atom is -0.376 e. The molecule has 0 radical (unpaired) electrons. The first-order valence-corrected chi connectivity index (χ1v) is 13.1. The molecule has 5 rings (SSSR count). The Bertz CT molecular complexity index is 1480. The summed E-state index contributed by atoms with van der Waals surface area (Å²) in [6.07, 6.45) is 6.15. The third-order valence-electron chi connectivity index (χ3n) is 6.64. The summed E-state index contributed by atoms with van der Waals surface area (Å²) in [4.78, 5) is 42.8. The maximum atomic E-state index is 13.9. The maximum absolute atomic E-state index is 13.9. The second kappa shape index (κ2) is 10.3. The number of H-pyrrole nitrogens is 1. The number of benzene rings is 1. The Kier molecular flexibility index (Phi) is 7.07. The molecule has 2 aliphatic rings. The number of amides is 2. The number of carbonyl (C=O) groups excluding carboxylic acids is 2. The molecule has 3 aromatic rings. The minimum atomic E-state index is -0.501. The van der Waals surface area contributed by atoms with Gasteiger partial charge in [-0.25, -0.2) is 4.68 Å². The summed E-state index contributed by atoms with van der Waals surface area (Å²) in [5.41, 5.74) is 1.93. The summed E-state index contributed by atoms with van der Waals surface area (Å²) < 4.78 is 8.69. The summed E-state index contributed by atoms with van der Waals surface area (Å²) in [7, 11) is 0. The molecule has 10 heteroatoms. The van der Waals surface area contributed by atoms with Crippen LogP contribution in [0.25, 0.3) is 17.0 Å². The number of halogens is 2. The van der Waals surface area contributed by atoms with Crippen LogP contribution >= 0.6 is 23.2 Å². The lowest BCUT2D eigenvalue weighted by molar-refractivity contribution is -0.577. The number of imide groups is 1. The number of aryl methyl sites for hydroxylation is 2. The van der Waals surface area contributed by atoms with E-state index in [2.05, 4.69) is 5.10 Å². The zero-order valence-corrected chi connectivity index (χ0v) is 22.1.